The zero-order chi connectivity index (χ0) is 15.0. The summed E-state index contributed by atoms with van der Waals surface area (Å²) in [5, 5.41) is 16.4. The van der Waals surface area contributed by atoms with Gasteiger partial charge in [0.1, 0.15) is 0 Å². The lowest BCUT2D eigenvalue weighted by molar-refractivity contribution is 0.176. The molecule has 1 atom stereocenters. The molecule has 0 aliphatic heterocycles. The topological polar surface area (TPSA) is 50.9 Å². The van der Waals surface area contributed by atoms with Gasteiger partial charge in [0.2, 0.25) is 0 Å². The molecule has 0 saturated carbocycles. The van der Waals surface area contributed by atoms with Gasteiger partial charge in [-0.3, -0.25) is 9.67 Å². The predicted molar refractivity (Wildman–Crippen MR) is 83.4 cm³/mol. The minimum absolute atomic E-state index is 0.432. The second-order valence-electron chi connectivity index (χ2n) is 5.15. The third-order valence-corrected chi connectivity index (χ3v) is 4.15. The van der Waals surface area contributed by atoms with E-state index in [0.29, 0.717) is 11.4 Å². The van der Waals surface area contributed by atoms with E-state index in [2.05, 4.69) is 10.1 Å². The van der Waals surface area contributed by atoms with E-state index in [1.807, 2.05) is 44.3 Å². The number of aliphatic hydroxyl groups is 1. The highest BCUT2D eigenvalue weighted by Crippen LogP contribution is 2.26. The summed E-state index contributed by atoms with van der Waals surface area (Å²) in [6, 6.07) is 9.66. The van der Waals surface area contributed by atoms with Crippen LogP contribution in [-0.4, -0.2) is 19.9 Å². The van der Waals surface area contributed by atoms with Crippen molar-refractivity contribution in [3.63, 3.8) is 0 Å². The summed E-state index contributed by atoms with van der Waals surface area (Å²) < 4.78 is 1.73. The molecule has 0 aliphatic rings. The Morgan fingerprint density at radius 2 is 2.14 bits per heavy atom. The zero-order valence-corrected chi connectivity index (χ0v) is 12.7. The van der Waals surface area contributed by atoms with Gasteiger partial charge in [-0.25, -0.2) is 0 Å². The van der Waals surface area contributed by atoms with Gasteiger partial charge in [-0.15, -0.1) is 0 Å². The van der Waals surface area contributed by atoms with Crippen molar-refractivity contribution in [2.45, 2.75) is 19.4 Å². The Kier molecular flexibility index (Phi) is 3.66. The number of hydrogen-bond donors (Lipinski definition) is 1. The average Bonchev–Trinajstić information content (AvgIpc) is 2.73. The van der Waals surface area contributed by atoms with Crippen molar-refractivity contribution < 1.29 is 5.11 Å². The number of nitrogens with zero attached hydrogens (tertiary/aromatic N) is 3. The fraction of sp³-hybridized carbons (Fsp3) is 0.250. The molecule has 3 rings (SSSR count). The van der Waals surface area contributed by atoms with Crippen LogP contribution in [0.15, 0.2) is 36.5 Å². The number of aryl methyl sites for hydroxylation is 2. The Morgan fingerprint density at radius 3 is 2.86 bits per heavy atom. The Labute approximate surface area is 128 Å². The number of rotatable bonds is 3. The van der Waals surface area contributed by atoms with Gasteiger partial charge in [0.15, 0.2) is 0 Å². The first-order valence-electron chi connectivity index (χ1n) is 6.77. The van der Waals surface area contributed by atoms with Crippen LogP contribution in [0.25, 0.3) is 10.9 Å². The van der Waals surface area contributed by atoms with Gasteiger partial charge >= 0.3 is 0 Å². The molecule has 3 aromatic rings. The minimum atomic E-state index is -0.623. The van der Waals surface area contributed by atoms with Crippen molar-refractivity contribution in [2.24, 2.45) is 7.05 Å². The van der Waals surface area contributed by atoms with Gasteiger partial charge in [-0.1, -0.05) is 23.7 Å². The molecule has 0 spiro atoms. The summed E-state index contributed by atoms with van der Waals surface area (Å²) in [6.07, 6.45) is 1.57. The normalized spacial score (nSPS) is 12.8. The van der Waals surface area contributed by atoms with Crippen molar-refractivity contribution in [1.82, 2.24) is 14.8 Å². The van der Waals surface area contributed by atoms with Crippen LogP contribution in [0.2, 0.25) is 5.02 Å². The molecule has 0 radical (unpaired) electrons. The zero-order valence-electron chi connectivity index (χ0n) is 11.9. The van der Waals surface area contributed by atoms with Gasteiger partial charge < -0.3 is 5.11 Å². The number of hydrogen-bond acceptors (Lipinski definition) is 3. The maximum absolute atomic E-state index is 10.5. The van der Waals surface area contributed by atoms with Crippen LogP contribution in [-0.2, 0) is 13.5 Å². The molecule has 1 N–H and O–H groups in total. The van der Waals surface area contributed by atoms with E-state index in [0.717, 1.165) is 27.9 Å². The lowest BCUT2D eigenvalue weighted by Gasteiger charge is -2.12. The Hall–Kier alpha value is -1.91. The molecule has 1 unspecified atom stereocenters. The molecule has 0 bridgehead atoms. The second kappa shape index (κ2) is 5.47. The first kappa shape index (κ1) is 14.0. The van der Waals surface area contributed by atoms with Crippen LogP contribution < -0.4 is 0 Å². The van der Waals surface area contributed by atoms with E-state index in [9.17, 15) is 5.11 Å². The van der Waals surface area contributed by atoms with Gasteiger partial charge in [-0.05, 0) is 30.7 Å². The fourth-order valence-electron chi connectivity index (χ4n) is 2.50. The predicted octanol–water partition coefficient (Wildman–Crippen LogP) is 3.21. The smallest absolute Gasteiger partial charge is 0.0848 e. The number of benzene rings is 1. The maximum Gasteiger partial charge on any atom is 0.0848 e. The summed E-state index contributed by atoms with van der Waals surface area (Å²) in [7, 11) is 1.84. The Bertz CT molecular complexity index is 797. The second-order valence-corrected chi connectivity index (χ2v) is 5.52. The monoisotopic (exact) mass is 301 g/mol. The third-order valence-electron chi connectivity index (χ3n) is 3.66. The highest BCUT2D eigenvalue weighted by Gasteiger charge is 2.17. The number of aliphatic hydroxyl groups excluding tert-OH is 1. The largest absolute Gasteiger partial charge is 0.388 e. The summed E-state index contributed by atoms with van der Waals surface area (Å²) in [6.45, 7) is 1.86. The summed E-state index contributed by atoms with van der Waals surface area (Å²) in [4.78, 5) is 4.28. The van der Waals surface area contributed by atoms with E-state index in [1.165, 1.54) is 0 Å². The third kappa shape index (κ3) is 2.64. The summed E-state index contributed by atoms with van der Waals surface area (Å²) in [5.74, 6) is 0. The quantitative estimate of drug-likeness (QED) is 0.808. The number of halogens is 1. The Morgan fingerprint density at radius 1 is 1.33 bits per heavy atom. The molecular formula is C16H16ClN3O. The SMILES string of the molecule is Cc1nn(C)c(CC(O)c2ccc3ncccc3c2)c1Cl. The standard InChI is InChI=1S/C16H16ClN3O/c1-10-16(17)14(20(2)19-10)9-15(21)12-5-6-13-11(8-12)4-3-7-18-13/h3-8,15,21H,9H2,1-2H3. The van der Waals surface area contributed by atoms with E-state index in [-0.39, 0.29) is 0 Å². The molecule has 0 saturated heterocycles. The van der Waals surface area contributed by atoms with Crippen molar-refractivity contribution in [3.05, 3.63) is 58.5 Å². The number of fused-ring (bicyclic) bond motifs is 1. The lowest BCUT2D eigenvalue weighted by atomic mass is 10.0. The number of pyridine rings is 1. The van der Waals surface area contributed by atoms with Crippen molar-refractivity contribution >= 4 is 22.5 Å². The van der Waals surface area contributed by atoms with E-state index < -0.39 is 6.10 Å². The van der Waals surface area contributed by atoms with Gasteiger partial charge in [-0.2, -0.15) is 5.10 Å². The fourth-order valence-corrected chi connectivity index (χ4v) is 2.74. The van der Waals surface area contributed by atoms with Crippen molar-refractivity contribution in [2.75, 3.05) is 0 Å². The van der Waals surface area contributed by atoms with Crippen molar-refractivity contribution in [1.29, 1.82) is 0 Å². The molecule has 2 heterocycles. The van der Waals surface area contributed by atoms with E-state index in [4.69, 9.17) is 11.6 Å². The van der Waals surface area contributed by atoms with Crippen LogP contribution >= 0.6 is 11.6 Å². The molecule has 2 aromatic heterocycles. The maximum atomic E-state index is 10.5. The lowest BCUT2D eigenvalue weighted by Crippen LogP contribution is -2.07. The first-order chi connectivity index (χ1) is 10.1. The Balaban J connectivity index is 1.91. The molecule has 1 aromatic carbocycles. The first-order valence-corrected chi connectivity index (χ1v) is 7.15. The number of aromatic nitrogens is 3. The average molecular weight is 302 g/mol. The molecule has 0 aliphatic carbocycles. The molecule has 0 amide bonds. The highest BCUT2D eigenvalue weighted by molar-refractivity contribution is 6.31. The molecule has 21 heavy (non-hydrogen) atoms. The van der Waals surface area contributed by atoms with Crippen molar-refractivity contribution in [3.8, 4) is 0 Å². The van der Waals surface area contributed by atoms with Crippen LogP contribution in [0.1, 0.15) is 23.1 Å². The summed E-state index contributed by atoms with van der Waals surface area (Å²) >= 11 is 6.24. The highest BCUT2D eigenvalue weighted by atomic mass is 35.5. The van der Waals surface area contributed by atoms with Gasteiger partial charge in [0.25, 0.3) is 0 Å². The van der Waals surface area contributed by atoms with Gasteiger partial charge in [0, 0.05) is 25.1 Å². The molecule has 5 heteroatoms. The molecule has 108 valence electrons. The van der Waals surface area contributed by atoms with Crippen LogP contribution in [0.5, 0.6) is 0 Å². The molecule has 0 fully saturated rings. The van der Waals surface area contributed by atoms with Crippen LogP contribution in [0.4, 0.5) is 0 Å². The summed E-state index contributed by atoms with van der Waals surface area (Å²) in [5.41, 5.74) is 3.39. The van der Waals surface area contributed by atoms with Crippen LogP contribution in [0.3, 0.4) is 0 Å². The minimum Gasteiger partial charge on any atom is -0.388 e. The van der Waals surface area contributed by atoms with E-state index in [1.54, 1.807) is 10.9 Å². The van der Waals surface area contributed by atoms with E-state index >= 15 is 0 Å². The van der Waals surface area contributed by atoms with Gasteiger partial charge in [0.05, 0.1) is 28.0 Å². The molecule has 4 nitrogen and oxygen atoms in total. The molecular weight excluding hydrogens is 286 g/mol. The van der Waals surface area contributed by atoms with Crippen LogP contribution in [0, 0.1) is 6.92 Å².